The number of nitrogens with zero attached hydrogens (tertiary/aromatic N) is 2. The summed E-state index contributed by atoms with van der Waals surface area (Å²) in [6.45, 7) is 5.67. The number of carbonyl (C=O) groups is 1. The highest BCUT2D eigenvalue weighted by Crippen LogP contribution is 2.23. The highest BCUT2D eigenvalue weighted by Gasteiger charge is 2.19. The van der Waals surface area contributed by atoms with Crippen molar-refractivity contribution >= 4 is 34.2 Å². The minimum atomic E-state index is -0.517. The molecule has 1 aromatic heterocycles. The van der Waals surface area contributed by atoms with Crippen LogP contribution in [0.1, 0.15) is 32.6 Å². The smallest absolute Gasteiger partial charge is 0.319 e. The molecule has 0 aliphatic rings. The Morgan fingerprint density at radius 1 is 1.29 bits per heavy atom. The van der Waals surface area contributed by atoms with E-state index >= 15 is 0 Å². The Hall–Kier alpha value is -2.94. The molecule has 0 fully saturated rings. The number of aromatic nitrogens is 2. The summed E-state index contributed by atoms with van der Waals surface area (Å²) in [7, 11) is 0. The number of hydrogen-bond donors (Lipinski definition) is 4. The predicted octanol–water partition coefficient (Wildman–Crippen LogP) is 3.20. The van der Waals surface area contributed by atoms with Gasteiger partial charge in [-0.3, -0.25) is 9.36 Å². The number of aliphatic hydroxyl groups is 1. The highest BCUT2D eigenvalue weighted by atomic mass is 35.5. The summed E-state index contributed by atoms with van der Waals surface area (Å²) < 4.78 is 1.41. The van der Waals surface area contributed by atoms with Gasteiger partial charge in [0.25, 0.3) is 5.56 Å². The van der Waals surface area contributed by atoms with Gasteiger partial charge in [-0.2, -0.15) is 0 Å². The first-order valence-electron chi connectivity index (χ1n) is 9.86. The summed E-state index contributed by atoms with van der Waals surface area (Å²) in [6, 6.07) is 11.0. The highest BCUT2D eigenvalue weighted by molar-refractivity contribution is 6.35. The summed E-state index contributed by atoms with van der Waals surface area (Å²) in [5.74, 6) is 0.381. The van der Waals surface area contributed by atoms with Crippen molar-refractivity contribution in [3.8, 4) is 5.69 Å². The van der Waals surface area contributed by atoms with E-state index in [9.17, 15) is 14.7 Å². The van der Waals surface area contributed by atoms with Crippen LogP contribution in [0.2, 0.25) is 5.02 Å². The molecule has 5 N–H and O–H groups in total. The van der Waals surface area contributed by atoms with Gasteiger partial charge < -0.3 is 21.5 Å². The first kappa shape index (κ1) is 22.7. The third-order valence-corrected chi connectivity index (χ3v) is 5.11. The van der Waals surface area contributed by atoms with E-state index in [2.05, 4.69) is 15.6 Å². The average Bonchev–Trinajstić information content (AvgIpc) is 2.72. The van der Waals surface area contributed by atoms with Gasteiger partial charge in [0.15, 0.2) is 0 Å². The zero-order chi connectivity index (χ0) is 22.8. The number of nitrogens with two attached hydrogens (primary N) is 1. The Bertz CT molecular complexity index is 1170. The number of carbonyl (C=O) groups excluding carboxylic acids is 1. The van der Waals surface area contributed by atoms with Crippen LogP contribution in [0.3, 0.4) is 0 Å². The minimum absolute atomic E-state index is 0.0523. The lowest BCUT2D eigenvalue weighted by atomic mass is 9.95. The number of halogens is 1. The minimum Gasteiger partial charge on any atom is -0.396 e. The molecule has 0 saturated carbocycles. The van der Waals surface area contributed by atoms with Crippen LogP contribution in [0.25, 0.3) is 16.6 Å². The first-order chi connectivity index (χ1) is 14.6. The third kappa shape index (κ3) is 5.04. The lowest BCUT2D eigenvalue weighted by Gasteiger charge is -2.22. The Morgan fingerprint density at radius 3 is 2.68 bits per heavy atom. The molecule has 31 heavy (non-hydrogen) atoms. The lowest BCUT2D eigenvalue weighted by molar-refractivity contribution is 0.158. The first-order valence-corrected chi connectivity index (χ1v) is 10.2. The Kier molecular flexibility index (Phi) is 6.64. The quantitative estimate of drug-likeness (QED) is 0.466. The zero-order valence-corrected chi connectivity index (χ0v) is 18.4. The maximum Gasteiger partial charge on any atom is 0.319 e. The number of fused-ring (bicyclic) bond motifs is 1. The van der Waals surface area contributed by atoms with Crippen molar-refractivity contribution in [2.75, 3.05) is 18.5 Å². The SMILES string of the molecule is C[C@H](N)c1nc2cccc(Cl)c2c(=O)n1-c1cccc(NC(=O)NCC(C)(C)CO)c1. The maximum absolute atomic E-state index is 13.3. The Labute approximate surface area is 185 Å². The molecule has 1 heterocycles. The van der Waals surface area contributed by atoms with E-state index in [1.165, 1.54) is 4.57 Å². The molecule has 2 amide bonds. The number of aliphatic hydroxyl groups excluding tert-OH is 1. The molecule has 0 radical (unpaired) electrons. The third-order valence-electron chi connectivity index (χ3n) is 4.80. The van der Waals surface area contributed by atoms with Crippen LogP contribution in [-0.2, 0) is 0 Å². The van der Waals surface area contributed by atoms with Gasteiger partial charge in [0.1, 0.15) is 5.82 Å². The second-order valence-corrected chi connectivity index (χ2v) is 8.62. The number of benzene rings is 2. The molecule has 2 aromatic carbocycles. The molecule has 0 aliphatic heterocycles. The molecular weight excluding hydrogens is 418 g/mol. The summed E-state index contributed by atoms with van der Waals surface area (Å²) in [6.07, 6.45) is 0. The molecule has 9 heteroatoms. The molecule has 0 unspecified atom stereocenters. The fourth-order valence-corrected chi connectivity index (χ4v) is 3.29. The van der Waals surface area contributed by atoms with Crippen molar-refractivity contribution in [1.82, 2.24) is 14.9 Å². The topological polar surface area (TPSA) is 122 Å². The number of amides is 2. The van der Waals surface area contributed by atoms with Crippen LogP contribution in [0, 0.1) is 5.41 Å². The van der Waals surface area contributed by atoms with Crippen molar-refractivity contribution in [1.29, 1.82) is 0 Å². The average molecular weight is 444 g/mol. The summed E-state index contributed by atoms with van der Waals surface area (Å²) in [4.78, 5) is 30.1. The molecule has 164 valence electrons. The van der Waals surface area contributed by atoms with Crippen LogP contribution in [0.5, 0.6) is 0 Å². The zero-order valence-electron chi connectivity index (χ0n) is 17.6. The van der Waals surface area contributed by atoms with Crippen molar-refractivity contribution in [3.63, 3.8) is 0 Å². The molecule has 3 aromatic rings. The number of anilines is 1. The van der Waals surface area contributed by atoms with Gasteiger partial charge in [0, 0.05) is 24.3 Å². The summed E-state index contributed by atoms with van der Waals surface area (Å²) in [5, 5.41) is 15.4. The summed E-state index contributed by atoms with van der Waals surface area (Å²) >= 11 is 6.27. The molecule has 0 aliphatic carbocycles. The predicted molar refractivity (Wildman–Crippen MR) is 123 cm³/mol. The van der Waals surface area contributed by atoms with Gasteiger partial charge >= 0.3 is 6.03 Å². The van der Waals surface area contributed by atoms with Crippen molar-refractivity contribution in [3.05, 3.63) is 63.7 Å². The number of nitrogens with one attached hydrogen (secondary N) is 2. The van der Waals surface area contributed by atoms with Gasteiger partial charge in [-0.15, -0.1) is 0 Å². The van der Waals surface area contributed by atoms with Crippen LogP contribution >= 0.6 is 11.6 Å². The Morgan fingerprint density at radius 2 is 2.00 bits per heavy atom. The molecule has 8 nitrogen and oxygen atoms in total. The van der Waals surface area contributed by atoms with E-state index in [4.69, 9.17) is 17.3 Å². The monoisotopic (exact) mass is 443 g/mol. The fourth-order valence-electron chi connectivity index (χ4n) is 3.04. The van der Waals surface area contributed by atoms with Gasteiger partial charge in [-0.25, -0.2) is 9.78 Å². The largest absolute Gasteiger partial charge is 0.396 e. The van der Waals surface area contributed by atoms with Crippen LogP contribution < -0.4 is 21.9 Å². The van der Waals surface area contributed by atoms with Crippen molar-refractivity contribution in [2.24, 2.45) is 11.1 Å². The number of hydrogen-bond acceptors (Lipinski definition) is 5. The van der Waals surface area contributed by atoms with Crippen LogP contribution in [0.15, 0.2) is 47.3 Å². The van der Waals surface area contributed by atoms with Gasteiger partial charge in [-0.05, 0) is 37.3 Å². The van der Waals surface area contributed by atoms with Crippen LogP contribution in [0.4, 0.5) is 10.5 Å². The lowest BCUT2D eigenvalue weighted by Crippen LogP contribution is -2.38. The normalized spacial score (nSPS) is 12.6. The molecule has 1 atom stereocenters. The number of rotatable bonds is 6. The van der Waals surface area contributed by atoms with E-state index < -0.39 is 17.5 Å². The van der Waals surface area contributed by atoms with Gasteiger partial charge in [0.05, 0.1) is 27.7 Å². The Balaban J connectivity index is 2.00. The van der Waals surface area contributed by atoms with E-state index in [1.807, 2.05) is 13.8 Å². The van der Waals surface area contributed by atoms with Crippen LogP contribution in [-0.4, -0.2) is 33.8 Å². The second-order valence-electron chi connectivity index (χ2n) is 8.21. The van der Waals surface area contributed by atoms with Crippen molar-refractivity contribution < 1.29 is 9.90 Å². The molecular formula is C22H26ClN5O3. The molecule has 0 bridgehead atoms. The van der Waals surface area contributed by atoms with E-state index in [-0.39, 0.29) is 12.2 Å². The van der Waals surface area contributed by atoms with Crippen molar-refractivity contribution in [2.45, 2.75) is 26.8 Å². The van der Waals surface area contributed by atoms with E-state index in [1.54, 1.807) is 49.4 Å². The molecule has 3 rings (SSSR count). The fraction of sp³-hybridized carbons (Fsp3) is 0.318. The van der Waals surface area contributed by atoms with E-state index in [0.29, 0.717) is 39.7 Å². The maximum atomic E-state index is 13.3. The van der Waals surface area contributed by atoms with Gasteiger partial charge in [0.2, 0.25) is 0 Å². The van der Waals surface area contributed by atoms with Gasteiger partial charge in [-0.1, -0.05) is 37.6 Å². The molecule has 0 spiro atoms. The standard InChI is InChI=1S/C22H26ClN5O3/c1-13(24)19-27-17-9-5-8-16(23)18(17)20(30)28(19)15-7-4-6-14(10-15)26-21(31)25-11-22(2,3)12-29/h4-10,13,29H,11-12,24H2,1-3H3,(H2,25,26,31)/t13-/m0/s1. The van der Waals surface area contributed by atoms with E-state index in [0.717, 1.165) is 0 Å². The second kappa shape index (κ2) is 9.05. The summed E-state index contributed by atoms with van der Waals surface area (Å²) in [5.41, 5.74) is 6.79. The molecule has 0 saturated heterocycles. The number of urea groups is 1.